The van der Waals surface area contributed by atoms with Crippen LogP contribution in [-0.4, -0.2) is 25.0 Å². The van der Waals surface area contributed by atoms with Crippen molar-refractivity contribution in [3.8, 4) is 12.1 Å². The number of esters is 1. The summed E-state index contributed by atoms with van der Waals surface area (Å²) in [6, 6.07) is 7.18. The van der Waals surface area contributed by atoms with E-state index in [2.05, 4.69) is 4.74 Å². The number of halogens is 1. The summed E-state index contributed by atoms with van der Waals surface area (Å²) in [7, 11) is 0.944. The lowest BCUT2D eigenvalue weighted by atomic mass is 9.97. The number of carbonyl (C=O) groups excluding carboxylic acids is 2. The van der Waals surface area contributed by atoms with Gasteiger partial charge in [-0.1, -0.05) is 6.07 Å². The van der Waals surface area contributed by atoms with Crippen molar-refractivity contribution < 1.29 is 18.7 Å². The minimum Gasteiger partial charge on any atom is -0.467 e. The highest BCUT2D eigenvalue weighted by Gasteiger charge is 2.30. The molecule has 0 aliphatic carbocycles. The van der Waals surface area contributed by atoms with Gasteiger partial charge in [0.2, 0.25) is 5.78 Å². The first-order chi connectivity index (χ1) is 8.56. The van der Waals surface area contributed by atoms with Gasteiger partial charge in [0.25, 0.3) is 6.17 Å². The summed E-state index contributed by atoms with van der Waals surface area (Å²) < 4.78 is 17.5. The average Bonchev–Trinajstić information content (AvgIpc) is 2.43. The van der Waals surface area contributed by atoms with E-state index in [-0.39, 0.29) is 16.7 Å². The molecule has 1 rings (SSSR count). The normalized spacial score (nSPS) is 10.9. The molecular formula is C12H7FN2O3. The molecule has 0 saturated heterocycles. The van der Waals surface area contributed by atoms with Crippen LogP contribution in [0.25, 0.3) is 0 Å². The largest absolute Gasteiger partial charge is 0.467 e. The zero-order valence-corrected chi connectivity index (χ0v) is 9.31. The van der Waals surface area contributed by atoms with Crippen molar-refractivity contribution in [2.75, 3.05) is 7.11 Å². The van der Waals surface area contributed by atoms with Crippen molar-refractivity contribution >= 4 is 11.8 Å². The molecule has 1 atom stereocenters. The number of nitrogens with zero attached hydrogens (tertiary/aromatic N) is 2. The van der Waals surface area contributed by atoms with Gasteiger partial charge >= 0.3 is 5.97 Å². The third kappa shape index (κ3) is 2.33. The predicted molar refractivity (Wildman–Crippen MR) is 57.1 cm³/mol. The van der Waals surface area contributed by atoms with E-state index in [1.807, 2.05) is 0 Å². The minimum atomic E-state index is -2.50. The van der Waals surface area contributed by atoms with Crippen LogP contribution in [-0.2, 0) is 9.53 Å². The van der Waals surface area contributed by atoms with Crippen LogP contribution in [0.1, 0.15) is 21.5 Å². The van der Waals surface area contributed by atoms with E-state index in [0.29, 0.717) is 0 Å². The van der Waals surface area contributed by atoms with Gasteiger partial charge in [0.05, 0.1) is 18.2 Å². The third-order valence-electron chi connectivity index (χ3n) is 2.20. The molecule has 0 radical (unpaired) electrons. The van der Waals surface area contributed by atoms with Gasteiger partial charge in [0.1, 0.15) is 12.1 Å². The number of carbonyl (C=O) groups is 2. The van der Waals surface area contributed by atoms with Crippen LogP contribution in [0.5, 0.6) is 0 Å². The van der Waals surface area contributed by atoms with Gasteiger partial charge in [0.15, 0.2) is 0 Å². The first-order valence-corrected chi connectivity index (χ1v) is 4.76. The van der Waals surface area contributed by atoms with E-state index < -0.39 is 17.9 Å². The molecule has 5 nitrogen and oxygen atoms in total. The molecule has 0 heterocycles. The van der Waals surface area contributed by atoms with Gasteiger partial charge in [0, 0.05) is 5.56 Å². The van der Waals surface area contributed by atoms with Crippen LogP contribution in [0.15, 0.2) is 18.2 Å². The van der Waals surface area contributed by atoms with Crippen LogP contribution in [0.4, 0.5) is 4.39 Å². The Bertz CT molecular complexity index is 584. The van der Waals surface area contributed by atoms with Crippen LogP contribution >= 0.6 is 0 Å². The fourth-order valence-corrected chi connectivity index (χ4v) is 1.32. The Balaban J connectivity index is 3.28. The molecule has 18 heavy (non-hydrogen) atoms. The number of Topliss-reactive ketones (excluding diaryl/α,β-unsaturated/α-hetero) is 1. The highest BCUT2D eigenvalue weighted by Crippen LogP contribution is 2.16. The number of methoxy groups -OCH3 is 1. The maximum Gasteiger partial charge on any atom is 0.348 e. The number of ether oxygens (including phenoxy) is 1. The number of ketones is 1. The predicted octanol–water partition coefficient (Wildman–Crippen LogP) is 1.12. The lowest BCUT2D eigenvalue weighted by molar-refractivity contribution is -0.144. The van der Waals surface area contributed by atoms with E-state index >= 15 is 0 Å². The van der Waals surface area contributed by atoms with Gasteiger partial charge in [-0.25, -0.2) is 9.18 Å². The quantitative estimate of drug-likeness (QED) is 0.453. The summed E-state index contributed by atoms with van der Waals surface area (Å²) >= 11 is 0. The van der Waals surface area contributed by atoms with E-state index in [1.54, 1.807) is 12.1 Å². The molecule has 6 heteroatoms. The Kier molecular flexibility index (Phi) is 4.11. The van der Waals surface area contributed by atoms with Crippen LogP contribution < -0.4 is 0 Å². The molecule has 0 spiro atoms. The van der Waals surface area contributed by atoms with E-state index in [1.165, 1.54) is 18.2 Å². The van der Waals surface area contributed by atoms with Crippen LogP contribution in [0.2, 0.25) is 0 Å². The number of alkyl halides is 1. The summed E-state index contributed by atoms with van der Waals surface area (Å²) in [4.78, 5) is 22.6. The Morgan fingerprint density at radius 1 is 1.33 bits per heavy atom. The van der Waals surface area contributed by atoms with Crippen molar-refractivity contribution in [3.63, 3.8) is 0 Å². The molecule has 0 N–H and O–H groups in total. The molecule has 0 fully saturated rings. The number of rotatable bonds is 3. The van der Waals surface area contributed by atoms with Crippen LogP contribution in [0, 0.1) is 22.7 Å². The number of nitriles is 2. The average molecular weight is 246 g/mol. The monoisotopic (exact) mass is 246 g/mol. The molecule has 1 aromatic rings. The number of benzene rings is 1. The zero-order chi connectivity index (χ0) is 13.7. The van der Waals surface area contributed by atoms with Gasteiger partial charge in [-0.3, -0.25) is 4.79 Å². The van der Waals surface area contributed by atoms with Crippen molar-refractivity contribution in [2.45, 2.75) is 6.17 Å². The summed E-state index contributed by atoms with van der Waals surface area (Å²) in [6.07, 6.45) is -2.50. The second kappa shape index (κ2) is 5.55. The Hall–Kier alpha value is -2.73. The zero-order valence-electron chi connectivity index (χ0n) is 9.31. The molecule has 0 aliphatic rings. The summed E-state index contributed by atoms with van der Waals surface area (Å²) in [5.41, 5.74) is -0.619. The lowest BCUT2D eigenvalue weighted by Crippen LogP contribution is -2.27. The number of hydrogen-bond acceptors (Lipinski definition) is 5. The lowest BCUT2D eigenvalue weighted by Gasteiger charge is -2.07. The molecular weight excluding hydrogens is 239 g/mol. The Morgan fingerprint density at radius 3 is 2.50 bits per heavy atom. The minimum absolute atomic E-state index is 0.0552. The SMILES string of the molecule is COC(=O)C(F)C(=O)c1cccc(C#N)c1C#N. The Morgan fingerprint density at radius 2 is 2.00 bits per heavy atom. The molecule has 90 valence electrons. The summed E-state index contributed by atoms with van der Waals surface area (Å²) in [6.45, 7) is 0. The second-order valence-electron chi connectivity index (χ2n) is 3.20. The molecule has 1 aromatic carbocycles. The molecule has 0 amide bonds. The molecule has 0 bridgehead atoms. The third-order valence-corrected chi connectivity index (χ3v) is 2.20. The smallest absolute Gasteiger partial charge is 0.348 e. The highest BCUT2D eigenvalue weighted by atomic mass is 19.1. The van der Waals surface area contributed by atoms with Crippen molar-refractivity contribution in [2.24, 2.45) is 0 Å². The maximum absolute atomic E-state index is 13.4. The van der Waals surface area contributed by atoms with E-state index in [9.17, 15) is 14.0 Å². The second-order valence-corrected chi connectivity index (χ2v) is 3.20. The maximum atomic E-state index is 13.4. The summed E-state index contributed by atoms with van der Waals surface area (Å²) in [5.74, 6) is -2.54. The standard InChI is InChI=1S/C12H7FN2O3/c1-18-12(17)10(13)11(16)8-4-2-3-7(5-14)9(8)6-15/h2-4,10H,1H3. The van der Waals surface area contributed by atoms with Crippen LogP contribution in [0.3, 0.4) is 0 Å². The fraction of sp³-hybridized carbons (Fsp3) is 0.167. The Labute approximate surface area is 102 Å². The first-order valence-electron chi connectivity index (χ1n) is 4.76. The topological polar surface area (TPSA) is 90.9 Å². The first kappa shape index (κ1) is 13.3. The molecule has 0 aliphatic heterocycles. The molecule has 0 aromatic heterocycles. The van der Waals surface area contributed by atoms with Crippen molar-refractivity contribution in [1.29, 1.82) is 10.5 Å². The number of hydrogen-bond donors (Lipinski definition) is 0. The van der Waals surface area contributed by atoms with Crippen molar-refractivity contribution in [1.82, 2.24) is 0 Å². The fourth-order valence-electron chi connectivity index (χ4n) is 1.32. The van der Waals surface area contributed by atoms with Crippen molar-refractivity contribution in [3.05, 3.63) is 34.9 Å². The van der Waals surface area contributed by atoms with Gasteiger partial charge in [-0.2, -0.15) is 10.5 Å². The van der Waals surface area contributed by atoms with E-state index in [4.69, 9.17) is 10.5 Å². The van der Waals surface area contributed by atoms with Gasteiger partial charge in [-0.15, -0.1) is 0 Å². The molecule has 1 unspecified atom stereocenters. The van der Waals surface area contributed by atoms with E-state index in [0.717, 1.165) is 7.11 Å². The van der Waals surface area contributed by atoms with Gasteiger partial charge < -0.3 is 4.74 Å². The molecule has 0 saturated carbocycles. The summed E-state index contributed by atoms with van der Waals surface area (Å²) in [5, 5.41) is 17.6. The highest BCUT2D eigenvalue weighted by molar-refractivity contribution is 6.12. The van der Waals surface area contributed by atoms with Gasteiger partial charge in [-0.05, 0) is 12.1 Å².